The Balaban J connectivity index is 1.48. The molecule has 138 valence electrons. The van der Waals surface area contributed by atoms with Crippen LogP contribution in [0.4, 0.5) is 0 Å². The molecule has 2 saturated heterocycles. The van der Waals surface area contributed by atoms with Gasteiger partial charge in [-0.15, -0.1) is 0 Å². The van der Waals surface area contributed by atoms with E-state index in [0.29, 0.717) is 24.8 Å². The van der Waals surface area contributed by atoms with Crippen molar-refractivity contribution in [3.8, 4) is 5.75 Å². The molecule has 7 nitrogen and oxygen atoms in total. The highest BCUT2D eigenvalue weighted by atomic mass is 16.5. The van der Waals surface area contributed by atoms with Crippen molar-refractivity contribution in [2.75, 3.05) is 33.3 Å². The first-order valence-electron chi connectivity index (χ1n) is 9.05. The van der Waals surface area contributed by atoms with E-state index in [1.807, 2.05) is 0 Å². The summed E-state index contributed by atoms with van der Waals surface area (Å²) in [6, 6.07) is 1.48. The smallest absolute Gasteiger partial charge is 0.237 e. The summed E-state index contributed by atoms with van der Waals surface area (Å²) in [6.45, 7) is 4.12. The van der Waals surface area contributed by atoms with Crippen LogP contribution in [-0.4, -0.2) is 50.1 Å². The molecule has 3 heterocycles. The zero-order valence-corrected chi connectivity index (χ0v) is 14.8. The summed E-state index contributed by atoms with van der Waals surface area (Å²) < 4.78 is 10.4. The summed E-state index contributed by atoms with van der Waals surface area (Å²) in [5, 5.41) is 6.31. The number of nitrogens with zero attached hydrogens (tertiary/aromatic N) is 1. The third-order valence-electron chi connectivity index (χ3n) is 5.00. The van der Waals surface area contributed by atoms with Crippen LogP contribution in [0, 0.1) is 5.92 Å². The fourth-order valence-corrected chi connectivity index (χ4v) is 3.63. The Hall–Kier alpha value is -1.86. The molecule has 25 heavy (non-hydrogen) atoms. The summed E-state index contributed by atoms with van der Waals surface area (Å²) in [5.74, 6) is 1.42. The van der Waals surface area contributed by atoms with Crippen molar-refractivity contribution in [3.05, 3.63) is 28.3 Å². The monoisotopic (exact) mass is 349 g/mol. The molecule has 2 N–H and O–H groups in total. The van der Waals surface area contributed by atoms with E-state index in [9.17, 15) is 9.59 Å². The van der Waals surface area contributed by atoms with Crippen LogP contribution in [0.25, 0.3) is 0 Å². The Morgan fingerprint density at radius 1 is 1.44 bits per heavy atom. The summed E-state index contributed by atoms with van der Waals surface area (Å²) in [4.78, 5) is 26.2. The van der Waals surface area contributed by atoms with Crippen LogP contribution in [-0.2, 0) is 11.3 Å². The number of piperidine rings is 1. The van der Waals surface area contributed by atoms with Crippen molar-refractivity contribution in [3.63, 3.8) is 0 Å². The molecule has 0 saturated carbocycles. The second kappa shape index (κ2) is 8.49. The SMILES string of the molecule is COc1coc(CN2CCCC(CNC(=O)C3CCCN3)C2)cc1=O. The summed E-state index contributed by atoms with van der Waals surface area (Å²) in [7, 11) is 1.45. The van der Waals surface area contributed by atoms with E-state index in [2.05, 4.69) is 15.5 Å². The number of ether oxygens (including phenoxy) is 1. The van der Waals surface area contributed by atoms with Crippen molar-refractivity contribution in [2.45, 2.75) is 38.3 Å². The first-order chi connectivity index (χ1) is 12.2. The number of nitrogens with one attached hydrogen (secondary N) is 2. The number of carbonyl (C=O) groups is 1. The lowest BCUT2D eigenvalue weighted by Crippen LogP contribution is -2.45. The van der Waals surface area contributed by atoms with Gasteiger partial charge in [0, 0.05) is 19.2 Å². The van der Waals surface area contributed by atoms with Gasteiger partial charge in [0.15, 0.2) is 0 Å². The van der Waals surface area contributed by atoms with Gasteiger partial charge in [0.05, 0.1) is 19.7 Å². The standard InChI is InChI=1S/C18H27N3O4/c1-24-17-12-25-14(8-16(17)22)11-21-7-3-4-13(10-21)9-20-18(23)15-5-2-6-19-15/h8,12-13,15,19H,2-7,9-11H2,1H3,(H,20,23). The quantitative estimate of drug-likeness (QED) is 0.788. The Morgan fingerprint density at radius 3 is 3.04 bits per heavy atom. The topological polar surface area (TPSA) is 83.8 Å². The van der Waals surface area contributed by atoms with Gasteiger partial charge in [-0.2, -0.15) is 0 Å². The average Bonchev–Trinajstić information content (AvgIpc) is 3.15. The van der Waals surface area contributed by atoms with Crippen molar-refractivity contribution in [2.24, 2.45) is 5.92 Å². The molecule has 2 unspecified atom stereocenters. The summed E-state index contributed by atoms with van der Waals surface area (Å²) in [6.07, 6.45) is 5.57. The van der Waals surface area contributed by atoms with Crippen LogP contribution in [0.2, 0.25) is 0 Å². The van der Waals surface area contributed by atoms with Gasteiger partial charge in [-0.25, -0.2) is 0 Å². The zero-order chi connectivity index (χ0) is 17.6. The maximum atomic E-state index is 12.1. The maximum Gasteiger partial charge on any atom is 0.237 e. The molecular formula is C18H27N3O4. The molecule has 2 aliphatic rings. The Bertz CT molecular complexity index is 639. The third kappa shape index (κ3) is 4.83. The predicted molar refractivity (Wildman–Crippen MR) is 93.6 cm³/mol. The van der Waals surface area contributed by atoms with Crippen LogP contribution in [0.3, 0.4) is 0 Å². The first kappa shape index (κ1) is 17.9. The van der Waals surface area contributed by atoms with Crippen molar-refractivity contribution >= 4 is 5.91 Å². The van der Waals surface area contributed by atoms with Gasteiger partial charge in [-0.05, 0) is 44.7 Å². The van der Waals surface area contributed by atoms with Gasteiger partial charge in [0.25, 0.3) is 0 Å². The molecule has 7 heteroatoms. The minimum absolute atomic E-state index is 0.0201. The fourth-order valence-electron chi connectivity index (χ4n) is 3.63. The Morgan fingerprint density at radius 2 is 2.32 bits per heavy atom. The van der Waals surface area contributed by atoms with Gasteiger partial charge in [0.1, 0.15) is 12.0 Å². The van der Waals surface area contributed by atoms with E-state index >= 15 is 0 Å². The molecule has 1 aromatic heterocycles. The summed E-state index contributed by atoms with van der Waals surface area (Å²) in [5.41, 5.74) is -0.159. The van der Waals surface area contributed by atoms with Gasteiger partial charge in [0.2, 0.25) is 17.1 Å². The number of amides is 1. The van der Waals surface area contributed by atoms with E-state index in [1.54, 1.807) is 0 Å². The molecule has 2 aliphatic heterocycles. The lowest BCUT2D eigenvalue weighted by molar-refractivity contribution is -0.123. The molecular weight excluding hydrogens is 322 g/mol. The van der Waals surface area contributed by atoms with E-state index < -0.39 is 0 Å². The van der Waals surface area contributed by atoms with Gasteiger partial charge < -0.3 is 19.8 Å². The Labute approximate surface area is 147 Å². The lowest BCUT2D eigenvalue weighted by atomic mass is 9.97. The average molecular weight is 349 g/mol. The van der Waals surface area contributed by atoms with E-state index in [1.165, 1.54) is 19.4 Å². The highest BCUT2D eigenvalue weighted by Gasteiger charge is 2.25. The van der Waals surface area contributed by atoms with Crippen LogP contribution < -0.4 is 20.8 Å². The second-order valence-electron chi connectivity index (χ2n) is 6.92. The van der Waals surface area contributed by atoms with Crippen molar-refractivity contribution in [1.82, 2.24) is 15.5 Å². The largest absolute Gasteiger partial charge is 0.490 e. The number of carbonyl (C=O) groups excluding carboxylic acids is 1. The van der Waals surface area contributed by atoms with Crippen LogP contribution in [0.15, 0.2) is 21.5 Å². The minimum atomic E-state index is -0.159. The molecule has 1 aromatic rings. The summed E-state index contributed by atoms with van der Waals surface area (Å²) >= 11 is 0. The molecule has 0 bridgehead atoms. The third-order valence-corrected chi connectivity index (χ3v) is 5.00. The molecule has 3 rings (SSSR count). The Kier molecular flexibility index (Phi) is 6.09. The van der Waals surface area contributed by atoms with E-state index in [0.717, 1.165) is 45.3 Å². The number of rotatable bonds is 6. The van der Waals surface area contributed by atoms with E-state index in [4.69, 9.17) is 9.15 Å². The van der Waals surface area contributed by atoms with E-state index in [-0.39, 0.29) is 23.1 Å². The van der Waals surface area contributed by atoms with Gasteiger partial charge in [-0.3, -0.25) is 14.5 Å². The predicted octanol–water partition coefficient (Wildman–Crippen LogP) is 0.729. The normalized spacial score (nSPS) is 24.2. The van der Waals surface area contributed by atoms with Crippen molar-refractivity contribution in [1.29, 1.82) is 0 Å². The van der Waals surface area contributed by atoms with Crippen molar-refractivity contribution < 1.29 is 13.9 Å². The number of likely N-dealkylation sites (tertiary alicyclic amines) is 1. The maximum absolute atomic E-state index is 12.1. The van der Waals surface area contributed by atoms with Gasteiger partial charge >= 0.3 is 0 Å². The minimum Gasteiger partial charge on any atom is -0.490 e. The molecule has 2 atom stereocenters. The van der Waals surface area contributed by atoms with Crippen LogP contribution >= 0.6 is 0 Å². The molecule has 2 fully saturated rings. The zero-order valence-electron chi connectivity index (χ0n) is 14.8. The molecule has 0 aliphatic carbocycles. The van der Waals surface area contributed by atoms with Crippen LogP contribution in [0.5, 0.6) is 5.75 Å². The van der Waals surface area contributed by atoms with Crippen LogP contribution in [0.1, 0.15) is 31.4 Å². The highest BCUT2D eigenvalue weighted by molar-refractivity contribution is 5.81. The molecule has 0 aromatic carbocycles. The number of methoxy groups -OCH3 is 1. The first-order valence-corrected chi connectivity index (χ1v) is 9.05. The number of hydrogen-bond acceptors (Lipinski definition) is 6. The molecule has 1 amide bonds. The second-order valence-corrected chi connectivity index (χ2v) is 6.92. The number of hydrogen-bond donors (Lipinski definition) is 2. The van der Waals surface area contributed by atoms with Gasteiger partial charge in [-0.1, -0.05) is 0 Å². The molecule has 0 spiro atoms. The lowest BCUT2D eigenvalue weighted by Gasteiger charge is -2.32. The highest BCUT2D eigenvalue weighted by Crippen LogP contribution is 2.18. The fraction of sp³-hybridized carbons (Fsp3) is 0.667. The molecule has 0 radical (unpaired) electrons.